The molecule has 0 saturated heterocycles. The molecule has 0 fully saturated rings. The average Bonchev–Trinajstić information content (AvgIpc) is 1.44. The molecule has 0 amide bonds. The highest BCUT2D eigenvalue weighted by atomic mass is 79.9. The first-order valence-corrected chi connectivity index (χ1v) is 40.8. The summed E-state index contributed by atoms with van der Waals surface area (Å²) in [6.45, 7) is 17.4. The Labute approximate surface area is 720 Å². The molecule has 638 valence electrons. The summed E-state index contributed by atoms with van der Waals surface area (Å²) in [7, 11) is 0. The molecule has 122 heavy (non-hydrogen) atoms. The van der Waals surface area contributed by atoms with Gasteiger partial charge in [0.05, 0.1) is 46.1 Å². The number of hydrogen-bond donors (Lipinski definition) is 1. The number of aliphatic imine (C=N–C) groups is 4. The van der Waals surface area contributed by atoms with Crippen LogP contribution in [0.1, 0.15) is 124 Å². The lowest BCUT2D eigenvalue weighted by atomic mass is 9.82. The van der Waals surface area contributed by atoms with Crippen LogP contribution in [0.25, 0.3) is 54.9 Å². The van der Waals surface area contributed by atoms with E-state index in [-0.39, 0.29) is 71.0 Å². The third-order valence-electron chi connectivity index (χ3n) is 19.9. The highest BCUT2D eigenvalue weighted by Gasteiger charge is 2.38. The fourth-order valence-corrected chi connectivity index (χ4v) is 14.1. The monoisotopic (exact) mass is 1730 g/mol. The zero-order valence-corrected chi connectivity index (χ0v) is 71.3. The molecule has 23 heteroatoms. The first-order valence-electron chi connectivity index (χ1n) is 40.8. The molecule has 0 radical (unpaired) electrons. The van der Waals surface area contributed by atoms with Crippen molar-refractivity contribution in [2.75, 3.05) is 59.2 Å². The predicted octanol–water partition coefficient (Wildman–Crippen LogP) is 16.9. The van der Waals surface area contributed by atoms with Crippen molar-refractivity contribution in [3.8, 4) is 33.4 Å². The van der Waals surface area contributed by atoms with Gasteiger partial charge in [0.2, 0.25) is 0 Å². The molecule has 11 aromatic rings. The minimum Gasteiger partial charge on any atom is -1.00 e. The number of rotatable bonds is 32. The molecule has 16 nitrogen and oxygen atoms in total. The van der Waals surface area contributed by atoms with Gasteiger partial charge in [-0.2, -0.15) is 0 Å². The number of fused-ring (bicyclic) bond motifs is 7. The van der Waals surface area contributed by atoms with E-state index in [1.54, 1.807) is 59.5 Å². The molecular weight excluding hydrogens is 1630 g/mol. The van der Waals surface area contributed by atoms with Gasteiger partial charge in [0.1, 0.15) is 32.2 Å². The Kier molecular flexibility index (Phi) is 38.3. The molecule has 1 aliphatic rings. The second-order valence-electron chi connectivity index (χ2n) is 28.7. The van der Waals surface area contributed by atoms with Crippen LogP contribution in [0.3, 0.4) is 0 Å². The van der Waals surface area contributed by atoms with Gasteiger partial charge < -0.3 is 50.9 Å². The van der Waals surface area contributed by atoms with Gasteiger partial charge >= 0.3 is 29.8 Å². The number of carbonyl (C=O) groups is 5. The predicted molar refractivity (Wildman–Crippen MR) is 467 cm³/mol. The minimum absolute atomic E-state index is 0. The molecule has 3 atom stereocenters. The summed E-state index contributed by atoms with van der Waals surface area (Å²) < 4.78 is 114. The third kappa shape index (κ3) is 27.7. The van der Waals surface area contributed by atoms with Gasteiger partial charge in [-0.3, -0.25) is 34.4 Å². The number of nitrogens with two attached hydrogens (primary N) is 1. The molecule has 11 aromatic carbocycles. The Morgan fingerprint density at radius 3 is 1.04 bits per heavy atom. The fraction of sp³-hybridized carbons (Fsp3) is 0.283. The van der Waals surface area contributed by atoms with Crippen molar-refractivity contribution in [2.45, 2.75) is 125 Å². The molecule has 1 heterocycles. The van der Waals surface area contributed by atoms with E-state index in [2.05, 4.69) is 33.8 Å². The molecular formula is C99H103BrF6N6O10. The summed E-state index contributed by atoms with van der Waals surface area (Å²) in [5.74, 6) is -9.83. The summed E-state index contributed by atoms with van der Waals surface area (Å²) >= 11 is 0. The zero-order chi connectivity index (χ0) is 86.6. The Hall–Kier alpha value is -12.1. The summed E-state index contributed by atoms with van der Waals surface area (Å²) in [5.41, 5.74) is 17.3. The summed E-state index contributed by atoms with van der Waals surface area (Å²) in [5, 5.41) is 3.47. The second kappa shape index (κ2) is 49.0. The van der Waals surface area contributed by atoms with E-state index in [9.17, 15) is 50.3 Å². The van der Waals surface area contributed by atoms with Crippen LogP contribution in [0.5, 0.6) is 0 Å². The number of nitrogens with zero attached hydrogens (tertiary/aromatic N) is 5. The minimum atomic E-state index is -1.52. The van der Waals surface area contributed by atoms with Crippen molar-refractivity contribution in [1.29, 1.82) is 0 Å². The van der Waals surface area contributed by atoms with Gasteiger partial charge in [0.15, 0.2) is 47.0 Å². The SMILES string of the molecule is CCCC[N+]1(CCCC)Cc2c(-c3cc(F)c(F)c(F)c3)cc3ccccc3c2-c2c(c(-c3cc(F)c(F)c(F)c3)cc3ccccc23)C1.CCOC(=O)CN=Cc1ccc(C=NCC(=O)OCC)cc1.CCOC(=O)[C@@H](N)Cc1ccccc1.CCOC(=O)[C@H](Cc1ccccc1)N=Cc1ccc(C=N[C@@H](Cc2ccccc2)C(=O)OCC)cc1.[Br-]. The molecule has 1 aliphatic heterocycles. The normalized spacial score (nSPS) is 12.7. The Bertz CT molecular complexity index is 5050. The highest BCUT2D eigenvalue weighted by Crippen LogP contribution is 2.51. The van der Waals surface area contributed by atoms with Crippen molar-refractivity contribution in [3.05, 3.63) is 309 Å². The van der Waals surface area contributed by atoms with E-state index in [1.165, 1.54) is 0 Å². The van der Waals surface area contributed by atoms with Crippen LogP contribution in [0.2, 0.25) is 0 Å². The summed E-state index contributed by atoms with van der Waals surface area (Å²) in [4.78, 5) is 75.3. The number of carbonyl (C=O) groups excluding carboxylic acids is 5. The zero-order valence-electron chi connectivity index (χ0n) is 69.7. The smallest absolute Gasteiger partial charge is 0.331 e. The van der Waals surface area contributed by atoms with Crippen molar-refractivity contribution in [2.24, 2.45) is 25.7 Å². The first-order chi connectivity index (χ1) is 58.6. The Balaban J connectivity index is 0.000000221. The van der Waals surface area contributed by atoms with E-state index < -0.39 is 53.0 Å². The van der Waals surface area contributed by atoms with Crippen molar-refractivity contribution < 1.29 is 95.5 Å². The molecule has 0 aliphatic carbocycles. The lowest BCUT2D eigenvalue weighted by molar-refractivity contribution is -0.953. The number of unbranched alkanes of at least 4 members (excludes halogenated alkanes) is 2. The lowest BCUT2D eigenvalue weighted by Crippen LogP contribution is -3.00. The van der Waals surface area contributed by atoms with Crippen molar-refractivity contribution in [3.63, 3.8) is 0 Å². The third-order valence-corrected chi connectivity index (χ3v) is 19.9. The first kappa shape index (κ1) is 95.4. The Morgan fingerprint density at radius 1 is 0.393 bits per heavy atom. The van der Waals surface area contributed by atoms with Crippen LogP contribution >= 0.6 is 0 Å². The van der Waals surface area contributed by atoms with E-state index in [0.717, 1.165) is 146 Å². The summed E-state index contributed by atoms with van der Waals surface area (Å²) in [6, 6.07) is 66.0. The molecule has 0 spiro atoms. The number of benzene rings is 11. The van der Waals surface area contributed by atoms with E-state index >= 15 is 0 Å². The number of ether oxygens (including phenoxy) is 5. The van der Waals surface area contributed by atoms with E-state index in [0.29, 0.717) is 81.0 Å². The van der Waals surface area contributed by atoms with Gasteiger partial charge in [0, 0.05) is 60.0 Å². The molecule has 0 aromatic heterocycles. The van der Waals surface area contributed by atoms with Crippen LogP contribution in [0.15, 0.2) is 244 Å². The molecule has 0 bridgehead atoms. The van der Waals surface area contributed by atoms with Gasteiger partial charge in [-0.15, -0.1) is 0 Å². The van der Waals surface area contributed by atoms with Gasteiger partial charge in [-0.25, -0.2) is 35.9 Å². The maximum atomic E-state index is 14.9. The number of quaternary nitrogens is 1. The molecule has 2 N–H and O–H groups in total. The largest absolute Gasteiger partial charge is 1.00 e. The molecule has 0 saturated carbocycles. The van der Waals surface area contributed by atoms with Crippen molar-refractivity contribution >= 4 is 76.2 Å². The Morgan fingerprint density at radius 2 is 0.705 bits per heavy atom. The second-order valence-corrected chi connectivity index (χ2v) is 28.7. The van der Waals surface area contributed by atoms with Crippen LogP contribution < -0.4 is 22.7 Å². The molecule has 12 rings (SSSR count). The maximum absolute atomic E-state index is 14.9. The van der Waals surface area contributed by atoms with Crippen LogP contribution in [-0.2, 0) is 80.0 Å². The topological polar surface area (TPSA) is 207 Å². The van der Waals surface area contributed by atoms with Crippen molar-refractivity contribution in [1.82, 2.24) is 0 Å². The fourth-order valence-electron chi connectivity index (χ4n) is 14.1. The maximum Gasteiger partial charge on any atom is 0.331 e. The van der Waals surface area contributed by atoms with Gasteiger partial charge in [-0.1, -0.05) is 215 Å². The average molecular weight is 1730 g/mol. The van der Waals surface area contributed by atoms with E-state index in [4.69, 9.17) is 29.4 Å². The van der Waals surface area contributed by atoms with Crippen LogP contribution in [-0.4, -0.2) is 137 Å². The van der Waals surface area contributed by atoms with E-state index in [1.807, 2.05) is 200 Å². The highest BCUT2D eigenvalue weighted by molar-refractivity contribution is 6.12. The van der Waals surface area contributed by atoms with Crippen LogP contribution in [0.4, 0.5) is 26.3 Å². The van der Waals surface area contributed by atoms with Crippen LogP contribution in [0, 0.1) is 34.9 Å². The number of esters is 5. The summed E-state index contributed by atoms with van der Waals surface area (Å²) in [6.07, 6.45) is 11.7. The van der Waals surface area contributed by atoms with Gasteiger partial charge in [0.25, 0.3) is 0 Å². The number of halogens is 7. The number of hydrogen-bond acceptors (Lipinski definition) is 15. The molecule has 0 unspecified atom stereocenters. The lowest BCUT2D eigenvalue weighted by Gasteiger charge is -2.39. The quantitative estimate of drug-likeness (QED) is 0.0105. The standard InChI is InChI=1S/C42H36F6N.C30H32N2O4.C16H20N2O4.C11H15NO2.BrH/c1-3-5-15-49(16-6-4-2)23-33-31(27-19-35(43)41(47)36(44)20-27)17-25-11-7-9-13-29(25)39(33)40-30-14-10-8-12-26(30)18-32(34(40)24-49)28-21-37(45)42(48)38(46)22-28;1-3-35-29(33)27(19-23-11-7-5-8-12-23)31-21-25-15-17-26(18-16-25)22-32-28(30(34)36-4-2)20-24-13-9-6-10-14-24;1-3-21-15(19)11-17-9-13-5-7-14(8-6-13)10-18-12-16(20)22-4-2;1-2-14-11(13)10(12)8-9-6-4-3-5-7-9;/h7-14,17-22H,3-6,15-16,23-24H2,1-2H3;5-18,21-22,27-28H,3-4,19-20H2,1-2H3;5-10H,3-4,11-12H2,1-2H3;3-7,10H,2,8,12H2,1H3;1H/q+1;;;;/p-1/t;27-,28-;;10-;/m.0.0./s1. The van der Waals surface area contributed by atoms with Gasteiger partial charge in [-0.05, 0) is 173 Å².